The number of aromatic nitrogens is 2. The van der Waals surface area contributed by atoms with Crippen molar-refractivity contribution in [2.75, 3.05) is 0 Å². The number of rotatable bonds is 4. The molecule has 0 aliphatic heterocycles. The molecular formula is C16H16N4OS2. The summed E-state index contributed by atoms with van der Waals surface area (Å²) in [4.78, 5) is 21.6. The Morgan fingerprint density at radius 1 is 1.43 bits per heavy atom. The molecule has 3 rings (SSSR count). The fraction of sp³-hybridized carbons (Fsp3) is 0.188. The Morgan fingerprint density at radius 2 is 2.22 bits per heavy atom. The van der Waals surface area contributed by atoms with E-state index < -0.39 is 0 Å². The standard InChI is InChI=1S/C16H16N4OS2/c1-11(12-5-3-2-4-6-12)18-15(17)23-10-13-9-14(21)20-7-8-22-16(20)19-13/h2-9,11H,10H2,1H3,(H2,17,18)/t11-/m0/s1. The average Bonchev–Trinajstić information content (AvgIpc) is 3.03. The van der Waals surface area contributed by atoms with Gasteiger partial charge >= 0.3 is 0 Å². The SMILES string of the molecule is C[C@H](N=C(N)SCc1cc(=O)n2ccsc2n1)c1ccccc1. The van der Waals surface area contributed by atoms with E-state index in [0.717, 1.165) is 5.56 Å². The molecule has 2 aromatic heterocycles. The fourth-order valence-corrected chi connectivity index (χ4v) is 3.56. The van der Waals surface area contributed by atoms with Gasteiger partial charge < -0.3 is 5.73 Å². The van der Waals surface area contributed by atoms with Gasteiger partial charge in [0.2, 0.25) is 0 Å². The molecule has 0 saturated heterocycles. The number of fused-ring (bicyclic) bond motifs is 1. The van der Waals surface area contributed by atoms with Crippen LogP contribution in [0, 0.1) is 0 Å². The van der Waals surface area contributed by atoms with Crippen LogP contribution >= 0.6 is 23.1 Å². The van der Waals surface area contributed by atoms with Crippen LogP contribution < -0.4 is 11.3 Å². The predicted octanol–water partition coefficient (Wildman–Crippen LogP) is 3.07. The minimum atomic E-state index is -0.0694. The van der Waals surface area contributed by atoms with E-state index in [0.29, 0.717) is 21.6 Å². The zero-order valence-electron chi connectivity index (χ0n) is 12.5. The normalized spacial score (nSPS) is 13.3. The lowest BCUT2D eigenvalue weighted by Gasteiger charge is -2.08. The van der Waals surface area contributed by atoms with Crippen LogP contribution in [0.5, 0.6) is 0 Å². The van der Waals surface area contributed by atoms with Gasteiger partial charge in [-0.3, -0.25) is 14.2 Å². The first kappa shape index (κ1) is 15.8. The molecular weight excluding hydrogens is 328 g/mol. The number of hydrogen-bond acceptors (Lipinski definition) is 5. The molecule has 7 heteroatoms. The van der Waals surface area contributed by atoms with Gasteiger partial charge in [0.05, 0.1) is 11.7 Å². The molecule has 2 N–H and O–H groups in total. The van der Waals surface area contributed by atoms with Gasteiger partial charge in [-0.25, -0.2) is 4.98 Å². The second-order valence-electron chi connectivity index (χ2n) is 4.98. The summed E-state index contributed by atoms with van der Waals surface area (Å²) in [6.45, 7) is 2.01. The molecule has 5 nitrogen and oxygen atoms in total. The molecule has 0 spiro atoms. The van der Waals surface area contributed by atoms with Crippen LogP contribution in [0.2, 0.25) is 0 Å². The maximum atomic E-state index is 11.9. The second kappa shape index (κ2) is 6.97. The third kappa shape index (κ3) is 3.80. The molecule has 0 aliphatic carbocycles. The Labute approximate surface area is 141 Å². The van der Waals surface area contributed by atoms with Gasteiger partial charge in [0, 0.05) is 23.4 Å². The smallest absolute Gasteiger partial charge is 0.258 e. The lowest BCUT2D eigenvalue weighted by Crippen LogP contribution is -2.14. The Kier molecular flexibility index (Phi) is 4.78. The van der Waals surface area contributed by atoms with E-state index in [-0.39, 0.29) is 11.6 Å². The summed E-state index contributed by atoms with van der Waals surface area (Å²) in [7, 11) is 0. The van der Waals surface area contributed by atoms with Crippen molar-refractivity contribution in [3.8, 4) is 0 Å². The number of hydrogen-bond donors (Lipinski definition) is 1. The molecule has 118 valence electrons. The lowest BCUT2D eigenvalue weighted by atomic mass is 10.1. The summed E-state index contributed by atoms with van der Waals surface area (Å²) < 4.78 is 1.54. The van der Waals surface area contributed by atoms with Crippen molar-refractivity contribution in [2.24, 2.45) is 10.7 Å². The van der Waals surface area contributed by atoms with Gasteiger partial charge in [-0.2, -0.15) is 0 Å². The Bertz CT molecular complexity index is 886. The molecule has 3 aromatic rings. The first-order chi connectivity index (χ1) is 11.1. The molecule has 0 unspecified atom stereocenters. The number of nitrogens with zero attached hydrogens (tertiary/aromatic N) is 3. The highest BCUT2D eigenvalue weighted by atomic mass is 32.2. The molecule has 0 saturated carbocycles. The zero-order chi connectivity index (χ0) is 16.2. The maximum absolute atomic E-state index is 11.9. The lowest BCUT2D eigenvalue weighted by molar-refractivity contribution is 0.822. The molecule has 0 amide bonds. The summed E-state index contributed by atoms with van der Waals surface area (Å²) in [5.41, 5.74) is 7.76. The van der Waals surface area contributed by atoms with E-state index >= 15 is 0 Å². The number of nitrogens with two attached hydrogens (primary N) is 1. The fourth-order valence-electron chi connectivity index (χ4n) is 2.14. The Balaban J connectivity index is 1.69. The van der Waals surface area contributed by atoms with Crippen molar-refractivity contribution < 1.29 is 0 Å². The van der Waals surface area contributed by atoms with E-state index in [4.69, 9.17) is 5.73 Å². The molecule has 0 aliphatic rings. The first-order valence-corrected chi connectivity index (χ1v) is 8.97. The number of amidine groups is 1. The van der Waals surface area contributed by atoms with Crippen LogP contribution in [0.3, 0.4) is 0 Å². The molecule has 23 heavy (non-hydrogen) atoms. The predicted molar refractivity (Wildman–Crippen MR) is 97.1 cm³/mol. The van der Waals surface area contributed by atoms with Gasteiger partial charge in [0.15, 0.2) is 10.1 Å². The maximum Gasteiger partial charge on any atom is 0.258 e. The van der Waals surface area contributed by atoms with Crippen LogP contribution in [0.1, 0.15) is 24.2 Å². The first-order valence-electron chi connectivity index (χ1n) is 7.10. The highest BCUT2D eigenvalue weighted by Crippen LogP contribution is 2.19. The van der Waals surface area contributed by atoms with E-state index in [9.17, 15) is 4.79 Å². The number of aliphatic imine (C=N–C) groups is 1. The van der Waals surface area contributed by atoms with Crippen molar-refractivity contribution >= 4 is 33.2 Å². The Hall–Kier alpha value is -2.12. The zero-order valence-corrected chi connectivity index (χ0v) is 14.2. The summed E-state index contributed by atoms with van der Waals surface area (Å²) in [5.74, 6) is 0.528. The summed E-state index contributed by atoms with van der Waals surface area (Å²) in [5, 5.41) is 2.34. The minimum Gasteiger partial charge on any atom is -0.379 e. The van der Waals surface area contributed by atoms with Crippen LogP contribution in [0.4, 0.5) is 0 Å². The third-order valence-electron chi connectivity index (χ3n) is 3.33. The summed E-state index contributed by atoms with van der Waals surface area (Å²) in [6, 6.07) is 11.5. The number of benzene rings is 1. The van der Waals surface area contributed by atoms with E-state index in [1.54, 1.807) is 12.3 Å². The topological polar surface area (TPSA) is 72.8 Å². The Morgan fingerprint density at radius 3 is 3.00 bits per heavy atom. The monoisotopic (exact) mass is 344 g/mol. The van der Waals surface area contributed by atoms with Gasteiger partial charge in [0.1, 0.15) is 0 Å². The van der Waals surface area contributed by atoms with Gasteiger partial charge in [-0.05, 0) is 12.5 Å². The van der Waals surface area contributed by atoms with Crippen molar-refractivity contribution in [3.05, 3.63) is 69.6 Å². The molecule has 0 bridgehead atoms. The van der Waals surface area contributed by atoms with Gasteiger partial charge in [-0.1, -0.05) is 42.1 Å². The largest absolute Gasteiger partial charge is 0.379 e. The molecule has 2 heterocycles. The average molecular weight is 344 g/mol. The van der Waals surface area contributed by atoms with E-state index in [1.165, 1.54) is 27.5 Å². The van der Waals surface area contributed by atoms with Crippen LogP contribution in [-0.4, -0.2) is 14.6 Å². The van der Waals surface area contributed by atoms with Crippen molar-refractivity contribution in [2.45, 2.75) is 18.7 Å². The van der Waals surface area contributed by atoms with Crippen LogP contribution in [-0.2, 0) is 5.75 Å². The second-order valence-corrected chi connectivity index (χ2v) is 6.85. The highest BCUT2D eigenvalue weighted by Gasteiger charge is 2.07. The van der Waals surface area contributed by atoms with Gasteiger partial charge in [0.25, 0.3) is 5.56 Å². The van der Waals surface area contributed by atoms with Gasteiger partial charge in [-0.15, -0.1) is 11.3 Å². The van der Waals surface area contributed by atoms with E-state index in [2.05, 4.69) is 9.98 Å². The third-order valence-corrected chi connectivity index (χ3v) is 4.92. The van der Waals surface area contributed by atoms with Crippen molar-refractivity contribution in [3.63, 3.8) is 0 Å². The van der Waals surface area contributed by atoms with E-state index in [1.807, 2.05) is 42.6 Å². The summed E-state index contributed by atoms with van der Waals surface area (Å²) >= 11 is 2.83. The number of thioether (sulfide) groups is 1. The van der Waals surface area contributed by atoms with Crippen molar-refractivity contribution in [1.29, 1.82) is 0 Å². The molecule has 1 aromatic carbocycles. The molecule has 1 atom stereocenters. The summed E-state index contributed by atoms with van der Waals surface area (Å²) in [6.07, 6.45) is 1.73. The van der Waals surface area contributed by atoms with Crippen molar-refractivity contribution in [1.82, 2.24) is 9.38 Å². The number of thiazole rings is 1. The molecule has 0 fully saturated rings. The quantitative estimate of drug-likeness (QED) is 0.583. The van der Waals surface area contributed by atoms with Crippen LogP contribution in [0.15, 0.2) is 57.8 Å². The molecule has 0 radical (unpaired) electrons. The minimum absolute atomic E-state index is 0.00191. The highest BCUT2D eigenvalue weighted by molar-refractivity contribution is 8.13. The van der Waals surface area contributed by atoms with Crippen LogP contribution in [0.25, 0.3) is 4.96 Å².